The Balaban J connectivity index is 1.94. The van der Waals surface area contributed by atoms with Gasteiger partial charge in [0.2, 0.25) is 0 Å². The molecule has 0 spiro atoms. The van der Waals surface area contributed by atoms with Crippen LogP contribution >= 0.6 is 34.8 Å². The van der Waals surface area contributed by atoms with Crippen LogP contribution in [-0.4, -0.2) is 24.9 Å². The van der Waals surface area contributed by atoms with Crippen molar-refractivity contribution in [1.82, 2.24) is 0 Å². The van der Waals surface area contributed by atoms with Gasteiger partial charge in [0.25, 0.3) is 11.8 Å². The third-order valence-electron chi connectivity index (χ3n) is 3.75. The number of nitrogens with one attached hydrogen (secondary N) is 1. The number of halogens is 3. The number of carbonyl (C=O) groups excluding carboxylic acids is 3. The van der Waals surface area contributed by atoms with Crippen LogP contribution in [-0.2, 0) is 14.3 Å². The number of methoxy groups -OCH3 is 1. The molecule has 0 unspecified atom stereocenters. The van der Waals surface area contributed by atoms with E-state index in [9.17, 15) is 14.4 Å². The SMILES string of the molecule is COC(=O)c1cccc(NC2=C(Cl)C(=O)N(c3cccc(Cl)c3Cl)C2=O)c1. The van der Waals surface area contributed by atoms with Crippen LogP contribution in [0.1, 0.15) is 10.4 Å². The van der Waals surface area contributed by atoms with E-state index < -0.39 is 17.8 Å². The Morgan fingerprint density at radius 3 is 2.44 bits per heavy atom. The Morgan fingerprint density at radius 1 is 1.04 bits per heavy atom. The highest BCUT2D eigenvalue weighted by atomic mass is 35.5. The molecule has 0 saturated carbocycles. The van der Waals surface area contributed by atoms with Crippen LogP contribution in [0.25, 0.3) is 0 Å². The molecule has 0 atom stereocenters. The summed E-state index contributed by atoms with van der Waals surface area (Å²) < 4.78 is 4.66. The van der Waals surface area contributed by atoms with Crippen molar-refractivity contribution in [2.24, 2.45) is 0 Å². The number of anilines is 2. The zero-order chi connectivity index (χ0) is 19.7. The molecule has 0 bridgehead atoms. The maximum Gasteiger partial charge on any atom is 0.337 e. The van der Waals surface area contributed by atoms with Gasteiger partial charge in [-0.1, -0.05) is 46.9 Å². The lowest BCUT2D eigenvalue weighted by Gasteiger charge is -2.17. The zero-order valence-electron chi connectivity index (χ0n) is 13.8. The highest BCUT2D eigenvalue weighted by molar-refractivity contribution is 6.54. The van der Waals surface area contributed by atoms with Crippen LogP contribution in [0.5, 0.6) is 0 Å². The van der Waals surface area contributed by atoms with Crippen LogP contribution in [0.15, 0.2) is 53.2 Å². The second kappa shape index (κ2) is 7.60. The average molecular weight is 426 g/mol. The normalized spacial score (nSPS) is 14.0. The Morgan fingerprint density at radius 2 is 1.74 bits per heavy atom. The number of imide groups is 1. The second-order valence-electron chi connectivity index (χ2n) is 5.41. The molecule has 6 nitrogen and oxygen atoms in total. The Hall–Kier alpha value is -2.54. The van der Waals surface area contributed by atoms with E-state index in [0.29, 0.717) is 5.69 Å². The minimum atomic E-state index is -0.738. The van der Waals surface area contributed by atoms with Crippen LogP contribution < -0.4 is 10.2 Å². The zero-order valence-corrected chi connectivity index (χ0v) is 16.0. The average Bonchev–Trinajstić information content (AvgIpc) is 2.87. The van der Waals surface area contributed by atoms with Gasteiger partial charge in [-0.3, -0.25) is 9.59 Å². The molecule has 0 aliphatic carbocycles. The molecule has 1 aliphatic heterocycles. The largest absolute Gasteiger partial charge is 0.465 e. The summed E-state index contributed by atoms with van der Waals surface area (Å²) in [6.45, 7) is 0. The van der Waals surface area contributed by atoms with Gasteiger partial charge in [-0.25, -0.2) is 9.69 Å². The highest BCUT2D eigenvalue weighted by Crippen LogP contribution is 2.37. The molecule has 1 N–H and O–H groups in total. The number of ether oxygens (including phenoxy) is 1. The molecule has 9 heteroatoms. The van der Waals surface area contributed by atoms with Gasteiger partial charge in [0.05, 0.1) is 28.4 Å². The van der Waals surface area contributed by atoms with Gasteiger partial charge >= 0.3 is 5.97 Å². The molecule has 0 radical (unpaired) electrons. The smallest absolute Gasteiger partial charge is 0.337 e. The highest BCUT2D eigenvalue weighted by Gasteiger charge is 2.40. The number of esters is 1. The number of hydrogen-bond donors (Lipinski definition) is 1. The van der Waals surface area contributed by atoms with E-state index >= 15 is 0 Å². The van der Waals surface area contributed by atoms with Crippen molar-refractivity contribution >= 4 is 64.0 Å². The minimum Gasteiger partial charge on any atom is -0.465 e. The molecule has 3 rings (SSSR count). The first-order chi connectivity index (χ1) is 12.8. The molecule has 138 valence electrons. The summed E-state index contributed by atoms with van der Waals surface area (Å²) in [6, 6.07) is 10.8. The van der Waals surface area contributed by atoms with Crippen molar-refractivity contribution in [3.05, 3.63) is 68.8 Å². The lowest BCUT2D eigenvalue weighted by molar-refractivity contribution is -0.120. The Kier molecular flexibility index (Phi) is 5.41. The van der Waals surface area contributed by atoms with Crippen LogP contribution in [0.4, 0.5) is 11.4 Å². The number of benzene rings is 2. The minimum absolute atomic E-state index is 0.0549. The summed E-state index contributed by atoms with van der Waals surface area (Å²) in [6.07, 6.45) is 0. The maximum atomic E-state index is 12.8. The molecule has 2 aromatic carbocycles. The van der Waals surface area contributed by atoms with E-state index in [1.807, 2.05) is 0 Å². The fourth-order valence-corrected chi connectivity index (χ4v) is 3.07. The Labute approximate surface area is 169 Å². The molecular weight excluding hydrogens is 415 g/mol. The first-order valence-electron chi connectivity index (χ1n) is 7.53. The predicted molar refractivity (Wildman–Crippen MR) is 103 cm³/mol. The quantitative estimate of drug-likeness (QED) is 0.586. The van der Waals surface area contributed by atoms with Crippen LogP contribution in [0.3, 0.4) is 0 Å². The van der Waals surface area contributed by atoms with E-state index in [2.05, 4.69) is 10.1 Å². The summed E-state index contributed by atoms with van der Waals surface area (Å²) in [4.78, 5) is 37.8. The van der Waals surface area contributed by atoms with Crippen LogP contribution in [0, 0.1) is 0 Å². The Bertz CT molecular complexity index is 1000. The molecule has 2 aromatic rings. The first-order valence-corrected chi connectivity index (χ1v) is 8.66. The number of amides is 2. The lowest BCUT2D eigenvalue weighted by atomic mass is 10.2. The molecule has 0 saturated heterocycles. The van der Waals surface area contributed by atoms with Crippen LogP contribution in [0.2, 0.25) is 10.0 Å². The first kappa shape index (κ1) is 19.2. The lowest BCUT2D eigenvalue weighted by Crippen LogP contribution is -2.32. The van der Waals surface area contributed by atoms with Gasteiger partial charge in [0.1, 0.15) is 10.7 Å². The number of hydrogen-bond acceptors (Lipinski definition) is 5. The van der Waals surface area contributed by atoms with E-state index in [1.165, 1.54) is 25.3 Å². The molecular formula is C18H11Cl3N2O4. The molecule has 1 aliphatic rings. The topological polar surface area (TPSA) is 75.7 Å². The van der Waals surface area contributed by atoms with E-state index in [-0.39, 0.29) is 32.0 Å². The molecule has 0 aromatic heterocycles. The summed E-state index contributed by atoms with van der Waals surface area (Å²) in [5.74, 6) is -1.98. The summed E-state index contributed by atoms with van der Waals surface area (Å²) in [5.41, 5.74) is 0.633. The maximum absolute atomic E-state index is 12.8. The molecule has 27 heavy (non-hydrogen) atoms. The van der Waals surface area contributed by atoms with Gasteiger partial charge in [-0.2, -0.15) is 0 Å². The van der Waals surface area contributed by atoms with Gasteiger partial charge in [0, 0.05) is 5.69 Å². The monoisotopic (exact) mass is 424 g/mol. The van der Waals surface area contributed by atoms with E-state index in [4.69, 9.17) is 34.8 Å². The van der Waals surface area contributed by atoms with Crippen molar-refractivity contribution in [3.63, 3.8) is 0 Å². The van der Waals surface area contributed by atoms with Gasteiger partial charge in [0.15, 0.2) is 0 Å². The summed E-state index contributed by atoms with van der Waals surface area (Å²) >= 11 is 18.2. The number of rotatable bonds is 4. The summed E-state index contributed by atoms with van der Waals surface area (Å²) in [7, 11) is 1.26. The van der Waals surface area contributed by atoms with E-state index in [1.54, 1.807) is 24.3 Å². The van der Waals surface area contributed by atoms with Crippen molar-refractivity contribution in [2.75, 3.05) is 17.3 Å². The number of nitrogens with zero attached hydrogens (tertiary/aromatic N) is 1. The van der Waals surface area contributed by atoms with Gasteiger partial charge in [-0.15, -0.1) is 0 Å². The van der Waals surface area contributed by atoms with Crippen molar-refractivity contribution < 1.29 is 19.1 Å². The number of carbonyl (C=O) groups is 3. The predicted octanol–water partition coefficient (Wildman–Crippen LogP) is 4.22. The fraction of sp³-hybridized carbons (Fsp3) is 0.0556. The molecule has 2 amide bonds. The third-order valence-corrected chi connectivity index (χ3v) is 4.91. The van der Waals surface area contributed by atoms with Crippen molar-refractivity contribution in [3.8, 4) is 0 Å². The standard InChI is InChI=1S/C18H11Cl3N2O4/c1-27-18(26)9-4-2-5-10(8-9)22-15-14(21)16(24)23(17(15)25)12-7-3-6-11(19)13(12)20/h2-8,22H,1H3. The van der Waals surface area contributed by atoms with Crippen molar-refractivity contribution in [2.45, 2.75) is 0 Å². The fourth-order valence-electron chi connectivity index (χ4n) is 2.48. The molecule has 0 fully saturated rings. The van der Waals surface area contributed by atoms with Gasteiger partial charge < -0.3 is 10.1 Å². The molecule has 1 heterocycles. The second-order valence-corrected chi connectivity index (χ2v) is 6.57. The van der Waals surface area contributed by atoms with Crippen molar-refractivity contribution in [1.29, 1.82) is 0 Å². The van der Waals surface area contributed by atoms with E-state index in [0.717, 1.165) is 4.90 Å². The third kappa shape index (κ3) is 3.51. The van der Waals surface area contributed by atoms with Gasteiger partial charge in [-0.05, 0) is 30.3 Å². The summed E-state index contributed by atoms with van der Waals surface area (Å²) in [5, 5.41) is 2.72.